The Morgan fingerprint density at radius 2 is 1.86 bits per heavy atom. The smallest absolute Gasteiger partial charge is 0.260 e. The number of aliphatic hydroxyl groups excluding tert-OH is 1. The largest absolute Gasteiger partial charge is 0.496 e. The number of carbonyl (C=O) groups is 1. The lowest BCUT2D eigenvalue weighted by Gasteiger charge is -2.34. The zero-order valence-electron chi connectivity index (χ0n) is 15.9. The third-order valence-corrected chi connectivity index (χ3v) is 5.43. The van der Waals surface area contributed by atoms with Gasteiger partial charge in [-0.15, -0.1) is 0 Å². The fourth-order valence-corrected chi connectivity index (χ4v) is 3.74. The number of aliphatic hydroxyl groups is 1. The van der Waals surface area contributed by atoms with E-state index in [1.165, 1.54) is 23.6 Å². The van der Waals surface area contributed by atoms with E-state index >= 15 is 0 Å². The van der Waals surface area contributed by atoms with Gasteiger partial charge in [0.15, 0.2) is 11.6 Å². The summed E-state index contributed by atoms with van der Waals surface area (Å²) in [5.74, 6) is -2.73. The van der Waals surface area contributed by atoms with Gasteiger partial charge in [-0.05, 0) is 49.3 Å². The summed E-state index contributed by atoms with van der Waals surface area (Å²) in [4.78, 5) is 14.2. The second-order valence-electron chi connectivity index (χ2n) is 7.16. The quantitative estimate of drug-likeness (QED) is 0.817. The van der Waals surface area contributed by atoms with Crippen LogP contribution in [0.4, 0.5) is 8.78 Å². The molecule has 1 N–H and O–H groups in total. The van der Waals surface area contributed by atoms with Crippen molar-refractivity contribution in [1.82, 2.24) is 4.90 Å². The third kappa shape index (κ3) is 4.50. The number of likely N-dealkylation sites (tertiary alicyclic amines) is 1. The van der Waals surface area contributed by atoms with Crippen molar-refractivity contribution in [2.24, 2.45) is 5.92 Å². The van der Waals surface area contributed by atoms with E-state index in [9.17, 15) is 18.7 Å². The zero-order valence-corrected chi connectivity index (χ0v) is 15.9. The third-order valence-electron chi connectivity index (χ3n) is 5.43. The molecule has 4 nitrogen and oxygen atoms in total. The number of benzene rings is 2. The average Bonchev–Trinajstić information content (AvgIpc) is 2.74. The maximum Gasteiger partial charge on any atom is 0.260 e. The van der Waals surface area contributed by atoms with Crippen LogP contribution in [0.1, 0.15) is 35.2 Å². The molecule has 1 aliphatic heterocycles. The Morgan fingerprint density at radius 3 is 2.50 bits per heavy atom. The van der Waals surface area contributed by atoms with Gasteiger partial charge in [0.1, 0.15) is 11.3 Å². The molecule has 2 aromatic carbocycles. The highest BCUT2D eigenvalue weighted by Crippen LogP contribution is 2.29. The predicted octanol–water partition coefficient (Wildman–Crippen LogP) is 3.82. The lowest BCUT2D eigenvalue weighted by Crippen LogP contribution is -2.41. The number of carbonyl (C=O) groups excluding carboxylic acids is 1. The fraction of sp³-hybridized carbons (Fsp3) is 0.409. The van der Waals surface area contributed by atoms with Gasteiger partial charge in [0, 0.05) is 13.1 Å². The molecule has 1 aliphatic rings. The van der Waals surface area contributed by atoms with E-state index < -0.39 is 23.6 Å². The lowest BCUT2D eigenvalue weighted by molar-refractivity contribution is 0.0431. The van der Waals surface area contributed by atoms with Gasteiger partial charge in [0.2, 0.25) is 0 Å². The highest BCUT2D eigenvalue weighted by molar-refractivity contribution is 5.97. The van der Waals surface area contributed by atoms with Gasteiger partial charge in [-0.25, -0.2) is 8.78 Å². The number of methoxy groups -OCH3 is 1. The van der Waals surface area contributed by atoms with Crippen molar-refractivity contribution in [2.75, 3.05) is 20.2 Å². The Bertz CT molecular complexity index is 805. The summed E-state index contributed by atoms with van der Waals surface area (Å²) < 4.78 is 32.8. The summed E-state index contributed by atoms with van der Waals surface area (Å²) in [6.07, 6.45) is 2.27. The molecule has 3 rings (SSSR count). The maximum atomic E-state index is 14.2. The molecule has 2 aromatic rings. The molecule has 1 fully saturated rings. The number of hydrogen-bond acceptors (Lipinski definition) is 3. The summed E-state index contributed by atoms with van der Waals surface area (Å²) >= 11 is 0. The topological polar surface area (TPSA) is 49.8 Å². The molecule has 150 valence electrons. The van der Waals surface area contributed by atoms with E-state index in [1.807, 2.05) is 30.3 Å². The Kier molecular flexibility index (Phi) is 6.62. The summed E-state index contributed by atoms with van der Waals surface area (Å²) in [6.45, 7) is 0.788. The molecular formula is C22H25F2NO3. The van der Waals surface area contributed by atoms with E-state index in [2.05, 4.69) is 0 Å². The SMILES string of the molecule is COc1ccc(F)c(F)c1C(=O)N1CCC(C(O)CCc2ccccc2)CC1. The monoisotopic (exact) mass is 389 g/mol. The fourth-order valence-electron chi connectivity index (χ4n) is 3.74. The van der Waals surface area contributed by atoms with Gasteiger partial charge in [-0.2, -0.15) is 0 Å². The van der Waals surface area contributed by atoms with Crippen LogP contribution in [0.25, 0.3) is 0 Å². The first-order valence-electron chi connectivity index (χ1n) is 9.54. The molecule has 1 atom stereocenters. The van der Waals surface area contributed by atoms with E-state index in [-0.39, 0.29) is 17.2 Å². The minimum absolute atomic E-state index is 0.0221. The molecule has 0 radical (unpaired) electrons. The first-order chi connectivity index (χ1) is 13.5. The number of hydrogen-bond donors (Lipinski definition) is 1. The summed E-state index contributed by atoms with van der Waals surface area (Å²) in [5, 5.41) is 10.5. The van der Waals surface area contributed by atoms with Gasteiger partial charge >= 0.3 is 0 Å². The van der Waals surface area contributed by atoms with Gasteiger partial charge in [-0.1, -0.05) is 30.3 Å². The summed E-state index contributed by atoms with van der Waals surface area (Å²) in [5.41, 5.74) is 0.813. The van der Waals surface area contributed by atoms with Crippen molar-refractivity contribution in [3.8, 4) is 5.75 Å². The Labute approximate surface area is 163 Å². The molecule has 0 spiro atoms. The highest BCUT2D eigenvalue weighted by Gasteiger charge is 2.31. The van der Waals surface area contributed by atoms with Crippen LogP contribution in [0.2, 0.25) is 0 Å². The molecule has 0 bridgehead atoms. The van der Waals surface area contributed by atoms with E-state index in [4.69, 9.17) is 4.74 Å². The lowest BCUT2D eigenvalue weighted by atomic mass is 9.88. The minimum atomic E-state index is -1.19. The number of halogens is 2. The number of ether oxygens (including phenoxy) is 1. The molecule has 1 heterocycles. The molecule has 1 saturated heterocycles. The molecule has 1 amide bonds. The molecule has 0 aromatic heterocycles. The minimum Gasteiger partial charge on any atom is -0.496 e. The van der Waals surface area contributed by atoms with Gasteiger partial charge in [0.05, 0.1) is 13.2 Å². The predicted molar refractivity (Wildman–Crippen MR) is 102 cm³/mol. The molecule has 28 heavy (non-hydrogen) atoms. The van der Waals surface area contributed by atoms with Crippen LogP contribution in [-0.2, 0) is 6.42 Å². The Morgan fingerprint density at radius 1 is 1.18 bits per heavy atom. The number of nitrogens with zero attached hydrogens (tertiary/aromatic N) is 1. The number of piperidine rings is 1. The van der Waals surface area contributed by atoms with Crippen molar-refractivity contribution in [3.05, 3.63) is 65.2 Å². The number of rotatable bonds is 6. The first-order valence-corrected chi connectivity index (χ1v) is 9.54. The van der Waals surface area contributed by atoms with Crippen molar-refractivity contribution in [1.29, 1.82) is 0 Å². The number of aryl methyl sites for hydroxylation is 1. The van der Waals surface area contributed by atoms with E-state index in [0.717, 1.165) is 12.5 Å². The van der Waals surface area contributed by atoms with Crippen LogP contribution >= 0.6 is 0 Å². The van der Waals surface area contributed by atoms with Crippen molar-refractivity contribution in [3.63, 3.8) is 0 Å². The Balaban J connectivity index is 1.58. The van der Waals surface area contributed by atoms with Crippen LogP contribution in [-0.4, -0.2) is 42.2 Å². The summed E-state index contributed by atoms with van der Waals surface area (Å²) in [7, 11) is 1.32. The second-order valence-corrected chi connectivity index (χ2v) is 7.16. The molecule has 0 saturated carbocycles. The summed E-state index contributed by atoms with van der Waals surface area (Å²) in [6, 6.07) is 12.2. The van der Waals surface area contributed by atoms with Gasteiger partial charge in [-0.3, -0.25) is 4.79 Å². The first kappa shape index (κ1) is 20.3. The van der Waals surface area contributed by atoms with Crippen LogP contribution in [0.5, 0.6) is 5.75 Å². The van der Waals surface area contributed by atoms with E-state index in [0.29, 0.717) is 32.4 Å². The molecular weight excluding hydrogens is 364 g/mol. The van der Waals surface area contributed by atoms with Gasteiger partial charge < -0.3 is 14.7 Å². The highest BCUT2D eigenvalue weighted by atomic mass is 19.2. The van der Waals surface area contributed by atoms with Crippen molar-refractivity contribution in [2.45, 2.75) is 31.8 Å². The molecule has 0 aliphatic carbocycles. The average molecular weight is 389 g/mol. The van der Waals surface area contributed by atoms with Crippen LogP contribution in [0, 0.1) is 17.6 Å². The zero-order chi connectivity index (χ0) is 20.1. The van der Waals surface area contributed by atoms with Crippen molar-refractivity contribution >= 4 is 5.91 Å². The molecule has 6 heteroatoms. The van der Waals surface area contributed by atoms with Crippen molar-refractivity contribution < 1.29 is 23.4 Å². The maximum absolute atomic E-state index is 14.2. The normalized spacial score (nSPS) is 16.1. The second kappa shape index (κ2) is 9.15. The van der Waals surface area contributed by atoms with Crippen LogP contribution < -0.4 is 4.74 Å². The Hall–Kier alpha value is -2.47. The standard InChI is InChI=1S/C22H25F2NO3/c1-28-19-10-8-17(23)21(24)20(19)22(27)25-13-11-16(12-14-25)18(26)9-7-15-5-3-2-4-6-15/h2-6,8,10,16,18,26H,7,9,11-14H2,1H3. The van der Waals surface area contributed by atoms with E-state index in [1.54, 1.807) is 0 Å². The molecule has 1 unspecified atom stereocenters. The van der Waals surface area contributed by atoms with Crippen LogP contribution in [0.3, 0.4) is 0 Å². The van der Waals surface area contributed by atoms with Crippen LogP contribution in [0.15, 0.2) is 42.5 Å². The van der Waals surface area contributed by atoms with Gasteiger partial charge in [0.25, 0.3) is 5.91 Å². The number of amides is 1.